The van der Waals surface area contributed by atoms with E-state index in [-0.39, 0.29) is 5.04 Å². The van der Waals surface area contributed by atoms with Crippen molar-refractivity contribution >= 4 is 26.1 Å². The minimum absolute atomic E-state index is 0.232. The van der Waals surface area contributed by atoms with E-state index in [4.69, 9.17) is 9.53 Å². The minimum atomic E-state index is -1.72. The van der Waals surface area contributed by atoms with Gasteiger partial charge in [-0.25, -0.2) is 4.79 Å². The number of anilines is 1. The van der Waals surface area contributed by atoms with Crippen LogP contribution >= 0.6 is 0 Å². The molecule has 0 aromatic heterocycles. The number of piperidine rings is 1. The van der Waals surface area contributed by atoms with Crippen LogP contribution < -0.4 is 4.90 Å². The fraction of sp³-hybridized carbons (Fsp3) is 0.571. The normalized spacial score (nSPS) is 19.1. The Morgan fingerprint density at radius 2 is 2.04 bits per heavy atom. The van der Waals surface area contributed by atoms with Gasteiger partial charge in [0.25, 0.3) is 0 Å². The summed E-state index contributed by atoms with van der Waals surface area (Å²) in [6.45, 7) is 14.2. The van der Waals surface area contributed by atoms with Crippen molar-refractivity contribution in [2.24, 2.45) is 5.92 Å². The number of para-hydroxylation sites is 1. The SMILES string of the molecule is CC(C)(C)[Si](C)(C)OCC1CCCN(c2ccccc2/C=C/C(=O)O)C1. The molecule has 0 amide bonds. The molecule has 1 fully saturated rings. The molecule has 1 heterocycles. The molecule has 0 aliphatic carbocycles. The molecule has 1 saturated heterocycles. The van der Waals surface area contributed by atoms with Crippen molar-refractivity contribution in [2.45, 2.75) is 51.7 Å². The number of rotatable bonds is 6. The second kappa shape index (κ2) is 8.40. The zero-order valence-electron chi connectivity index (χ0n) is 16.8. The molecule has 2 rings (SSSR count). The van der Waals surface area contributed by atoms with Crippen LogP contribution in [0.4, 0.5) is 5.69 Å². The van der Waals surface area contributed by atoms with Crippen LogP contribution in [0, 0.1) is 5.92 Å². The monoisotopic (exact) mass is 375 g/mol. The van der Waals surface area contributed by atoms with E-state index in [9.17, 15) is 4.79 Å². The topological polar surface area (TPSA) is 49.8 Å². The fourth-order valence-electron chi connectivity index (χ4n) is 3.04. The Bertz CT molecular complexity index is 649. The summed E-state index contributed by atoms with van der Waals surface area (Å²) in [5, 5.41) is 9.15. The Morgan fingerprint density at radius 3 is 2.69 bits per heavy atom. The first kappa shape index (κ1) is 20.7. The molecule has 5 heteroatoms. The van der Waals surface area contributed by atoms with E-state index in [1.165, 1.54) is 12.5 Å². The number of carbonyl (C=O) groups is 1. The van der Waals surface area contributed by atoms with Crippen LogP contribution in [0.2, 0.25) is 18.1 Å². The van der Waals surface area contributed by atoms with E-state index in [1.807, 2.05) is 18.2 Å². The molecule has 1 unspecified atom stereocenters. The van der Waals surface area contributed by atoms with E-state index >= 15 is 0 Å². The Hall–Kier alpha value is -1.59. The molecule has 4 nitrogen and oxygen atoms in total. The number of carboxylic acids is 1. The lowest BCUT2D eigenvalue weighted by Crippen LogP contribution is -2.44. The molecule has 1 aliphatic rings. The summed E-state index contributed by atoms with van der Waals surface area (Å²) in [4.78, 5) is 13.2. The van der Waals surface area contributed by atoms with Crippen LogP contribution in [0.5, 0.6) is 0 Å². The molecule has 0 spiro atoms. The number of nitrogens with zero attached hydrogens (tertiary/aromatic N) is 1. The number of hydrogen-bond acceptors (Lipinski definition) is 3. The average molecular weight is 376 g/mol. The molecule has 1 aromatic carbocycles. The van der Waals surface area contributed by atoms with Crippen LogP contribution in [-0.2, 0) is 9.22 Å². The summed E-state index contributed by atoms with van der Waals surface area (Å²) < 4.78 is 6.45. The van der Waals surface area contributed by atoms with Gasteiger partial charge in [0.15, 0.2) is 8.32 Å². The fourth-order valence-corrected chi connectivity index (χ4v) is 4.13. The van der Waals surface area contributed by atoms with Crippen molar-refractivity contribution in [3.05, 3.63) is 35.9 Å². The van der Waals surface area contributed by atoms with Crippen LogP contribution in [0.15, 0.2) is 30.3 Å². The number of benzene rings is 1. The highest BCUT2D eigenvalue weighted by molar-refractivity contribution is 6.74. The van der Waals surface area contributed by atoms with Gasteiger partial charge in [0.05, 0.1) is 0 Å². The largest absolute Gasteiger partial charge is 0.478 e. The van der Waals surface area contributed by atoms with Gasteiger partial charge in [-0.15, -0.1) is 0 Å². The van der Waals surface area contributed by atoms with Crippen LogP contribution in [0.3, 0.4) is 0 Å². The summed E-state index contributed by atoms with van der Waals surface area (Å²) in [5.41, 5.74) is 2.07. The third kappa shape index (κ3) is 5.45. The first-order valence-corrected chi connectivity index (χ1v) is 12.4. The maximum absolute atomic E-state index is 10.9. The molecule has 1 atom stereocenters. The van der Waals surface area contributed by atoms with Gasteiger partial charge in [0, 0.05) is 31.5 Å². The molecular formula is C21H33NO3Si. The van der Waals surface area contributed by atoms with E-state index < -0.39 is 14.3 Å². The maximum atomic E-state index is 10.9. The van der Waals surface area contributed by atoms with Crippen molar-refractivity contribution in [3.63, 3.8) is 0 Å². The first-order chi connectivity index (χ1) is 12.1. The van der Waals surface area contributed by atoms with Gasteiger partial charge in [-0.3, -0.25) is 0 Å². The smallest absolute Gasteiger partial charge is 0.328 e. The zero-order chi connectivity index (χ0) is 19.4. The van der Waals surface area contributed by atoms with Gasteiger partial charge >= 0.3 is 5.97 Å². The van der Waals surface area contributed by atoms with Crippen molar-refractivity contribution in [2.75, 3.05) is 24.6 Å². The highest BCUT2D eigenvalue weighted by atomic mass is 28.4. The molecule has 0 saturated carbocycles. The van der Waals surface area contributed by atoms with E-state index in [0.717, 1.165) is 37.4 Å². The lowest BCUT2D eigenvalue weighted by molar-refractivity contribution is -0.131. The van der Waals surface area contributed by atoms with Crippen molar-refractivity contribution in [3.8, 4) is 0 Å². The summed E-state index contributed by atoms with van der Waals surface area (Å²) >= 11 is 0. The number of aliphatic carboxylic acids is 1. The maximum Gasteiger partial charge on any atom is 0.328 e. The summed E-state index contributed by atoms with van der Waals surface area (Å²) in [5.74, 6) is -0.395. The molecule has 26 heavy (non-hydrogen) atoms. The van der Waals surface area contributed by atoms with Gasteiger partial charge in [0.2, 0.25) is 0 Å². The van der Waals surface area contributed by atoms with Crippen molar-refractivity contribution < 1.29 is 14.3 Å². The number of hydrogen-bond donors (Lipinski definition) is 1. The Morgan fingerprint density at radius 1 is 1.35 bits per heavy atom. The van der Waals surface area contributed by atoms with Gasteiger partial charge in [-0.05, 0) is 54.6 Å². The average Bonchev–Trinajstić information content (AvgIpc) is 2.58. The predicted octanol–water partition coefficient (Wildman–Crippen LogP) is 5.02. The lowest BCUT2D eigenvalue weighted by Gasteiger charge is -2.40. The lowest BCUT2D eigenvalue weighted by atomic mass is 9.97. The molecule has 1 N–H and O–H groups in total. The van der Waals surface area contributed by atoms with Crippen LogP contribution in [0.25, 0.3) is 6.08 Å². The molecule has 1 aliphatic heterocycles. The molecule has 0 bridgehead atoms. The Balaban J connectivity index is 2.06. The van der Waals surface area contributed by atoms with Gasteiger partial charge in [-0.2, -0.15) is 0 Å². The van der Waals surface area contributed by atoms with Gasteiger partial charge < -0.3 is 14.4 Å². The van der Waals surface area contributed by atoms with Gasteiger partial charge in [-0.1, -0.05) is 39.0 Å². The second-order valence-corrected chi connectivity index (χ2v) is 13.6. The van der Waals surface area contributed by atoms with E-state index in [1.54, 1.807) is 6.08 Å². The molecule has 144 valence electrons. The summed E-state index contributed by atoms with van der Waals surface area (Å²) in [6.07, 6.45) is 5.23. The quantitative estimate of drug-likeness (QED) is 0.560. The first-order valence-electron chi connectivity index (χ1n) is 9.49. The minimum Gasteiger partial charge on any atom is -0.478 e. The number of carboxylic acid groups (broad SMARTS) is 1. The van der Waals surface area contributed by atoms with Crippen molar-refractivity contribution in [1.29, 1.82) is 0 Å². The van der Waals surface area contributed by atoms with E-state index in [0.29, 0.717) is 5.92 Å². The zero-order valence-corrected chi connectivity index (χ0v) is 17.8. The highest BCUT2D eigenvalue weighted by Crippen LogP contribution is 2.37. The molecular weight excluding hydrogens is 342 g/mol. The van der Waals surface area contributed by atoms with Gasteiger partial charge in [0.1, 0.15) is 0 Å². The Kier molecular flexibility index (Phi) is 6.69. The van der Waals surface area contributed by atoms with Crippen LogP contribution in [-0.4, -0.2) is 39.1 Å². The predicted molar refractivity (Wildman–Crippen MR) is 111 cm³/mol. The molecule has 1 aromatic rings. The Labute approximate surface area is 159 Å². The highest BCUT2D eigenvalue weighted by Gasteiger charge is 2.37. The van der Waals surface area contributed by atoms with Crippen LogP contribution in [0.1, 0.15) is 39.2 Å². The van der Waals surface area contributed by atoms with E-state index in [2.05, 4.69) is 44.8 Å². The summed E-state index contributed by atoms with van der Waals surface area (Å²) in [6, 6.07) is 8.03. The molecule has 0 radical (unpaired) electrons. The van der Waals surface area contributed by atoms with Crippen molar-refractivity contribution in [1.82, 2.24) is 0 Å². The third-order valence-corrected chi connectivity index (χ3v) is 10.2. The second-order valence-electron chi connectivity index (χ2n) is 8.76. The summed E-state index contributed by atoms with van der Waals surface area (Å²) in [7, 11) is -1.72. The third-order valence-electron chi connectivity index (χ3n) is 5.69. The standard InChI is InChI=1S/C21H33NO3Si/c1-21(2,3)26(4,5)25-16-17-9-8-14-22(15-17)19-11-7-6-10-18(19)12-13-20(23)24/h6-7,10-13,17H,8-9,14-16H2,1-5H3,(H,23,24)/b13-12+.